The molecule has 4 nitrogen and oxygen atoms in total. The molecule has 0 saturated heterocycles. The van der Waals surface area contributed by atoms with E-state index in [2.05, 4.69) is 5.32 Å². The lowest BCUT2D eigenvalue weighted by Gasteiger charge is -2.26. The van der Waals surface area contributed by atoms with E-state index in [1.807, 2.05) is 0 Å². The van der Waals surface area contributed by atoms with E-state index in [1.54, 1.807) is 0 Å². The molecule has 0 bridgehead atoms. The maximum Gasteiger partial charge on any atom is 0.228 e. The average molecular weight is 233 g/mol. The van der Waals surface area contributed by atoms with Gasteiger partial charge in [-0.3, -0.25) is 9.59 Å². The number of alkyl halides is 1. The van der Waals surface area contributed by atoms with Crippen molar-refractivity contribution < 1.29 is 9.59 Å². The fourth-order valence-electron chi connectivity index (χ4n) is 1.88. The molecule has 0 aromatic carbocycles. The van der Waals surface area contributed by atoms with Crippen LogP contribution in [0.5, 0.6) is 0 Å². The van der Waals surface area contributed by atoms with E-state index in [1.165, 1.54) is 0 Å². The number of rotatable bonds is 5. The number of hydrogen-bond acceptors (Lipinski definition) is 3. The maximum absolute atomic E-state index is 11.8. The molecule has 0 aromatic heterocycles. The summed E-state index contributed by atoms with van der Waals surface area (Å²) in [5.74, 6) is -0.563. The fourth-order valence-corrected chi connectivity index (χ4v) is 2.02. The molecule has 3 N–H and O–H groups in total. The van der Waals surface area contributed by atoms with Crippen molar-refractivity contribution in [2.75, 3.05) is 12.4 Å². The lowest BCUT2D eigenvalue weighted by atomic mass is 9.84. The minimum Gasteiger partial charge on any atom is -0.369 e. The molecule has 2 unspecified atom stereocenters. The van der Waals surface area contributed by atoms with Crippen LogP contribution in [0.3, 0.4) is 0 Å². The van der Waals surface area contributed by atoms with Gasteiger partial charge in [-0.15, -0.1) is 11.6 Å². The fraction of sp³-hybridized carbons (Fsp3) is 0.800. The van der Waals surface area contributed by atoms with E-state index in [4.69, 9.17) is 17.3 Å². The Balaban J connectivity index is 2.44. The minimum absolute atomic E-state index is 0.0525. The van der Waals surface area contributed by atoms with Gasteiger partial charge in [-0.1, -0.05) is 6.42 Å². The first-order valence-corrected chi connectivity index (χ1v) is 5.82. The second-order valence-electron chi connectivity index (χ2n) is 3.84. The Labute approximate surface area is 94.5 Å². The maximum atomic E-state index is 11.8. The SMILES string of the molecule is NC(=O)C1CCCC(NCCCCl)C1=O. The van der Waals surface area contributed by atoms with Crippen LogP contribution < -0.4 is 11.1 Å². The number of halogens is 1. The lowest BCUT2D eigenvalue weighted by molar-refractivity contribution is -0.135. The number of carbonyl (C=O) groups excluding carboxylic acids is 2. The molecule has 1 aliphatic rings. The molecule has 86 valence electrons. The molecule has 15 heavy (non-hydrogen) atoms. The monoisotopic (exact) mass is 232 g/mol. The number of Topliss-reactive ketones (excluding diaryl/α,β-unsaturated/α-hetero) is 1. The minimum atomic E-state index is -0.591. The van der Waals surface area contributed by atoms with Crippen LogP contribution in [-0.2, 0) is 9.59 Å². The quantitative estimate of drug-likeness (QED) is 0.410. The van der Waals surface area contributed by atoms with Gasteiger partial charge in [0.25, 0.3) is 0 Å². The molecule has 1 saturated carbocycles. The number of nitrogens with two attached hydrogens (primary N) is 1. The Morgan fingerprint density at radius 1 is 1.53 bits per heavy atom. The van der Waals surface area contributed by atoms with Crippen molar-refractivity contribution in [3.8, 4) is 0 Å². The zero-order chi connectivity index (χ0) is 11.3. The molecule has 0 spiro atoms. The summed E-state index contributed by atoms with van der Waals surface area (Å²) in [7, 11) is 0. The number of primary amides is 1. The van der Waals surface area contributed by atoms with Gasteiger partial charge in [-0.05, 0) is 25.8 Å². The third-order valence-electron chi connectivity index (χ3n) is 2.72. The lowest BCUT2D eigenvalue weighted by Crippen LogP contribution is -2.47. The predicted molar refractivity (Wildman–Crippen MR) is 58.7 cm³/mol. The normalized spacial score (nSPS) is 26.6. The Hall–Kier alpha value is -0.610. The second kappa shape index (κ2) is 6.08. The number of amides is 1. The predicted octanol–water partition coefficient (Wildman–Crippen LogP) is 0.428. The van der Waals surface area contributed by atoms with E-state index in [0.717, 1.165) is 19.3 Å². The highest BCUT2D eigenvalue weighted by Crippen LogP contribution is 2.20. The number of hydrogen-bond donors (Lipinski definition) is 2. The second-order valence-corrected chi connectivity index (χ2v) is 4.22. The third-order valence-corrected chi connectivity index (χ3v) is 2.98. The highest BCUT2D eigenvalue weighted by molar-refractivity contribution is 6.17. The largest absolute Gasteiger partial charge is 0.369 e. The molecular formula is C10H17ClN2O2. The van der Waals surface area contributed by atoms with E-state index >= 15 is 0 Å². The average Bonchev–Trinajstić information content (AvgIpc) is 2.20. The molecule has 5 heteroatoms. The molecule has 0 aromatic rings. The van der Waals surface area contributed by atoms with Crippen LogP contribution in [0.25, 0.3) is 0 Å². The Morgan fingerprint density at radius 3 is 2.87 bits per heavy atom. The van der Waals surface area contributed by atoms with Crippen molar-refractivity contribution in [3.63, 3.8) is 0 Å². The van der Waals surface area contributed by atoms with Gasteiger partial charge in [0.2, 0.25) is 5.91 Å². The first kappa shape index (κ1) is 12.5. The summed E-state index contributed by atoms with van der Waals surface area (Å²) in [6.45, 7) is 0.714. The van der Waals surface area contributed by atoms with Gasteiger partial charge in [-0.2, -0.15) is 0 Å². The molecule has 1 amide bonds. The highest BCUT2D eigenvalue weighted by Gasteiger charge is 2.33. The molecule has 2 atom stereocenters. The van der Waals surface area contributed by atoms with Crippen LogP contribution in [0.1, 0.15) is 25.7 Å². The molecule has 0 aliphatic heterocycles. The molecule has 1 fully saturated rings. The van der Waals surface area contributed by atoms with Gasteiger partial charge in [0.05, 0.1) is 12.0 Å². The van der Waals surface area contributed by atoms with Crippen LogP contribution in [0.15, 0.2) is 0 Å². The molecule has 0 radical (unpaired) electrons. The van der Waals surface area contributed by atoms with E-state index in [0.29, 0.717) is 18.8 Å². The standard InChI is InChI=1S/C10H17ClN2O2/c11-5-2-6-13-8-4-1-3-7(9(8)14)10(12)15/h7-8,13H,1-6H2,(H2,12,15). The summed E-state index contributed by atoms with van der Waals surface area (Å²) in [5.41, 5.74) is 5.17. The summed E-state index contributed by atoms with van der Waals surface area (Å²) >= 11 is 5.54. The van der Waals surface area contributed by atoms with Crippen LogP contribution in [0.2, 0.25) is 0 Å². The first-order chi connectivity index (χ1) is 7.16. The summed E-state index contributed by atoms with van der Waals surface area (Å²) < 4.78 is 0. The Morgan fingerprint density at radius 2 is 2.27 bits per heavy atom. The van der Waals surface area contributed by atoms with Crippen molar-refractivity contribution in [2.24, 2.45) is 11.7 Å². The van der Waals surface area contributed by atoms with E-state index in [9.17, 15) is 9.59 Å². The van der Waals surface area contributed by atoms with Crippen LogP contribution in [0.4, 0.5) is 0 Å². The first-order valence-electron chi connectivity index (χ1n) is 5.29. The summed E-state index contributed by atoms with van der Waals surface area (Å²) in [6, 6.07) is -0.209. The van der Waals surface area contributed by atoms with Crippen molar-refractivity contribution >= 4 is 23.3 Å². The number of carbonyl (C=O) groups is 2. The van der Waals surface area contributed by atoms with Gasteiger partial charge < -0.3 is 11.1 Å². The zero-order valence-electron chi connectivity index (χ0n) is 8.67. The van der Waals surface area contributed by atoms with Crippen LogP contribution >= 0.6 is 11.6 Å². The van der Waals surface area contributed by atoms with Crippen molar-refractivity contribution in [1.82, 2.24) is 5.32 Å². The Bertz CT molecular complexity index is 246. The van der Waals surface area contributed by atoms with Gasteiger partial charge in [0.15, 0.2) is 5.78 Å². The van der Waals surface area contributed by atoms with Gasteiger partial charge in [0, 0.05) is 5.88 Å². The van der Waals surface area contributed by atoms with Crippen molar-refractivity contribution in [3.05, 3.63) is 0 Å². The zero-order valence-corrected chi connectivity index (χ0v) is 9.43. The highest BCUT2D eigenvalue weighted by atomic mass is 35.5. The van der Waals surface area contributed by atoms with Crippen LogP contribution in [-0.4, -0.2) is 30.2 Å². The molecule has 0 heterocycles. The number of ketones is 1. The summed E-state index contributed by atoms with van der Waals surface area (Å²) in [4.78, 5) is 22.8. The van der Waals surface area contributed by atoms with Crippen molar-refractivity contribution in [1.29, 1.82) is 0 Å². The molecule has 1 rings (SSSR count). The summed E-state index contributed by atoms with van der Waals surface area (Å²) in [5, 5.41) is 3.12. The Kier molecular flexibility index (Phi) is 5.05. The molecule has 1 aliphatic carbocycles. The smallest absolute Gasteiger partial charge is 0.228 e. The third kappa shape index (κ3) is 3.47. The van der Waals surface area contributed by atoms with E-state index < -0.39 is 11.8 Å². The van der Waals surface area contributed by atoms with Gasteiger partial charge in [0.1, 0.15) is 0 Å². The van der Waals surface area contributed by atoms with Gasteiger partial charge >= 0.3 is 0 Å². The molecular weight excluding hydrogens is 216 g/mol. The van der Waals surface area contributed by atoms with Crippen LogP contribution in [0, 0.1) is 5.92 Å². The number of nitrogens with one attached hydrogen (secondary N) is 1. The summed E-state index contributed by atoms with van der Waals surface area (Å²) in [6.07, 6.45) is 3.09. The van der Waals surface area contributed by atoms with E-state index in [-0.39, 0.29) is 11.8 Å². The topological polar surface area (TPSA) is 72.2 Å². The van der Waals surface area contributed by atoms with Gasteiger partial charge in [-0.25, -0.2) is 0 Å². The van der Waals surface area contributed by atoms with Crippen molar-refractivity contribution in [2.45, 2.75) is 31.7 Å².